The van der Waals surface area contributed by atoms with Crippen molar-refractivity contribution in [3.63, 3.8) is 0 Å². The number of Topliss-reactive ketones (excluding diaryl/α,β-unsaturated/α-hetero) is 1. The molecule has 0 saturated heterocycles. The number of unbranched alkanes of at least 4 members (excludes halogenated alkanes) is 8. The minimum atomic E-state index is -1.31. The summed E-state index contributed by atoms with van der Waals surface area (Å²) in [5.74, 6) is -0.866. The molecule has 0 unspecified atom stereocenters. The van der Waals surface area contributed by atoms with Crippen molar-refractivity contribution in [3.05, 3.63) is 29.8 Å². The van der Waals surface area contributed by atoms with E-state index in [0.29, 0.717) is 30.8 Å². The SMILES string of the molecule is CCCCCCCCCCCOC(=O)C(CC)(CC)C(=O)Oc1ccc(C(C)=O)cc1. The summed E-state index contributed by atoms with van der Waals surface area (Å²) < 4.78 is 10.9. The molecule has 0 aliphatic rings. The second-order valence-electron chi connectivity index (χ2n) is 8.22. The summed E-state index contributed by atoms with van der Waals surface area (Å²) in [5, 5.41) is 0. The molecule has 0 spiro atoms. The zero-order valence-electron chi connectivity index (χ0n) is 19.8. The van der Waals surface area contributed by atoms with Crippen molar-refractivity contribution in [2.45, 2.75) is 98.3 Å². The summed E-state index contributed by atoms with van der Waals surface area (Å²) >= 11 is 0. The zero-order valence-corrected chi connectivity index (χ0v) is 19.8. The molecule has 0 amide bonds. The first-order valence-electron chi connectivity index (χ1n) is 11.9. The van der Waals surface area contributed by atoms with E-state index in [1.54, 1.807) is 38.1 Å². The Hall–Kier alpha value is -2.17. The van der Waals surface area contributed by atoms with Crippen LogP contribution in [0.5, 0.6) is 5.75 Å². The van der Waals surface area contributed by atoms with Crippen LogP contribution in [0.15, 0.2) is 24.3 Å². The summed E-state index contributed by atoms with van der Waals surface area (Å²) in [5.41, 5.74) is -0.768. The first-order chi connectivity index (χ1) is 14.9. The average Bonchev–Trinajstić information content (AvgIpc) is 2.76. The Bertz CT molecular complexity index is 674. The van der Waals surface area contributed by atoms with Crippen molar-refractivity contribution in [2.75, 3.05) is 6.61 Å². The summed E-state index contributed by atoms with van der Waals surface area (Å²) in [6, 6.07) is 6.34. The lowest BCUT2D eigenvalue weighted by molar-refractivity contribution is -0.168. The van der Waals surface area contributed by atoms with Crippen LogP contribution in [0.2, 0.25) is 0 Å². The molecular formula is C26H40O5. The van der Waals surface area contributed by atoms with E-state index in [4.69, 9.17) is 9.47 Å². The number of hydrogen-bond acceptors (Lipinski definition) is 5. The molecule has 0 aliphatic heterocycles. The van der Waals surface area contributed by atoms with Gasteiger partial charge in [-0.15, -0.1) is 0 Å². The molecule has 0 saturated carbocycles. The molecule has 0 fully saturated rings. The van der Waals surface area contributed by atoms with Gasteiger partial charge in [0, 0.05) is 5.56 Å². The van der Waals surface area contributed by atoms with Gasteiger partial charge in [-0.2, -0.15) is 0 Å². The lowest BCUT2D eigenvalue weighted by Gasteiger charge is -2.26. The molecule has 1 rings (SSSR count). The second kappa shape index (κ2) is 14.8. The Kier molecular flexibility index (Phi) is 12.8. The summed E-state index contributed by atoms with van der Waals surface area (Å²) in [6.07, 6.45) is 11.3. The zero-order chi connectivity index (χ0) is 23.1. The molecule has 0 N–H and O–H groups in total. The Labute approximate surface area is 187 Å². The molecule has 1 aromatic carbocycles. The fraction of sp³-hybridized carbons (Fsp3) is 0.654. The van der Waals surface area contributed by atoms with Crippen LogP contribution in [0.4, 0.5) is 0 Å². The average molecular weight is 433 g/mol. The smallest absolute Gasteiger partial charge is 0.328 e. The van der Waals surface area contributed by atoms with Gasteiger partial charge in [-0.25, -0.2) is 0 Å². The van der Waals surface area contributed by atoms with E-state index in [2.05, 4.69) is 6.92 Å². The third-order valence-electron chi connectivity index (χ3n) is 5.94. The van der Waals surface area contributed by atoms with Gasteiger partial charge < -0.3 is 9.47 Å². The van der Waals surface area contributed by atoms with Crippen molar-refractivity contribution in [1.82, 2.24) is 0 Å². The van der Waals surface area contributed by atoms with E-state index < -0.39 is 17.4 Å². The Morgan fingerprint density at radius 3 is 1.74 bits per heavy atom. The maximum absolute atomic E-state index is 12.8. The van der Waals surface area contributed by atoms with Crippen molar-refractivity contribution < 1.29 is 23.9 Å². The van der Waals surface area contributed by atoms with Crippen molar-refractivity contribution in [3.8, 4) is 5.75 Å². The van der Waals surface area contributed by atoms with Crippen LogP contribution in [0.25, 0.3) is 0 Å². The van der Waals surface area contributed by atoms with Gasteiger partial charge in [0.25, 0.3) is 0 Å². The van der Waals surface area contributed by atoms with Crippen LogP contribution < -0.4 is 4.74 Å². The van der Waals surface area contributed by atoms with Gasteiger partial charge in [0.05, 0.1) is 6.61 Å². The van der Waals surface area contributed by atoms with E-state index >= 15 is 0 Å². The van der Waals surface area contributed by atoms with Gasteiger partial charge in [0.2, 0.25) is 0 Å². The lowest BCUT2D eigenvalue weighted by Crippen LogP contribution is -2.42. The number of rotatable bonds is 16. The van der Waals surface area contributed by atoms with Gasteiger partial charge in [-0.1, -0.05) is 72.1 Å². The molecule has 0 atom stereocenters. The van der Waals surface area contributed by atoms with Crippen LogP contribution in [-0.4, -0.2) is 24.3 Å². The Balaban J connectivity index is 2.47. The third-order valence-corrected chi connectivity index (χ3v) is 5.94. The molecule has 174 valence electrons. The predicted molar refractivity (Wildman–Crippen MR) is 123 cm³/mol. The molecule has 0 aromatic heterocycles. The monoisotopic (exact) mass is 432 g/mol. The molecule has 0 aliphatic carbocycles. The van der Waals surface area contributed by atoms with E-state index in [0.717, 1.165) is 19.3 Å². The van der Waals surface area contributed by atoms with Crippen molar-refractivity contribution >= 4 is 17.7 Å². The molecule has 5 nitrogen and oxygen atoms in total. The molecule has 31 heavy (non-hydrogen) atoms. The van der Waals surface area contributed by atoms with E-state index in [1.165, 1.54) is 45.4 Å². The molecule has 1 aromatic rings. The summed E-state index contributed by atoms with van der Waals surface area (Å²) in [7, 11) is 0. The van der Waals surface area contributed by atoms with Gasteiger partial charge >= 0.3 is 11.9 Å². The lowest BCUT2D eigenvalue weighted by atomic mass is 9.82. The van der Waals surface area contributed by atoms with Gasteiger partial charge in [-0.3, -0.25) is 14.4 Å². The number of ketones is 1. The highest BCUT2D eigenvalue weighted by Gasteiger charge is 2.46. The molecule has 0 radical (unpaired) electrons. The second-order valence-corrected chi connectivity index (χ2v) is 8.22. The van der Waals surface area contributed by atoms with E-state index in [9.17, 15) is 14.4 Å². The van der Waals surface area contributed by atoms with Crippen LogP contribution >= 0.6 is 0 Å². The number of carbonyl (C=O) groups is 3. The van der Waals surface area contributed by atoms with Crippen molar-refractivity contribution in [1.29, 1.82) is 0 Å². The minimum absolute atomic E-state index is 0.0607. The maximum Gasteiger partial charge on any atom is 0.328 e. The van der Waals surface area contributed by atoms with Gasteiger partial charge in [0.15, 0.2) is 11.2 Å². The molecule has 0 heterocycles. The first-order valence-corrected chi connectivity index (χ1v) is 11.9. The Morgan fingerprint density at radius 2 is 1.26 bits per heavy atom. The number of hydrogen-bond donors (Lipinski definition) is 0. The van der Waals surface area contributed by atoms with Crippen LogP contribution in [0.3, 0.4) is 0 Å². The van der Waals surface area contributed by atoms with Crippen LogP contribution in [-0.2, 0) is 14.3 Å². The molecule has 5 heteroatoms. The van der Waals surface area contributed by atoms with Crippen LogP contribution in [0.1, 0.15) is 109 Å². The van der Waals surface area contributed by atoms with Gasteiger partial charge in [-0.05, 0) is 50.5 Å². The number of esters is 2. The number of ether oxygens (including phenoxy) is 2. The third kappa shape index (κ3) is 8.84. The highest BCUT2D eigenvalue weighted by Crippen LogP contribution is 2.31. The predicted octanol–water partition coefficient (Wildman–Crippen LogP) is 6.68. The standard InChI is InChI=1S/C26H40O5/c1-5-8-9-10-11-12-13-14-15-20-30-24(28)26(6-2,7-3)25(29)31-23-18-16-22(17-19-23)21(4)27/h16-19H,5-15,20H2,1-4H3. The minimum Gasteiger partial charge on any atom is -0.465 e. The highest BCUT2D eigenvalue weighted by atomic mass is 16.6. The number of carbonyl (C=O) groups excluding carboxylic acids is 3. The largest absolute Gasteiger partial charge is 0.465 e. The van der Waals surface area contributed by atoms with E-state index in [-0.39, 0.29) is 5.78 Å². The fourth-order valence-corrected chi connectivity index (χ4v) is 3.59. The van der Waals surface area contributed by atoms with E-state index in [1.807, 2.05) is 0 Å². The maximum atomic E-state index is 12.8. The van der Waals surface area contributed by atoms with Crippen LogP contribution in [0, 0.1) is 5.41 Å². The first kappa shape index (κ1) is 26.9. The quantitative estimate of drug-likeness (QED) is 0.0958. The topological polar surface area (TPSA) is 69.7 Å². The number of benzene rings is 1. The molecule has 0 bridgehead atoms. The van der Waals surface area contributed by atoms with Crippen molar-refractivity contribution in [2.24, 2.45) is 5.41 Å². The fourth-order valence-electron chi connectivity index (χ4n) is 3.59. The van der Waals surface area contributed by atoms with Gasteiger partial charge in [0.1, 0.15) is 5.75 Å². The Morgan fingerprint density at radius 1 is 0.742 bits per heavy atom. The summed E-state index contributed by atoms with van der Waals surface area (Å²) in [4.78, 5) is 37.0. The molecular weight excluding hydrogens is 392 g/mol. The summed E-state index contributed by atoms with van der Waals surface area (Å²) in [6.45, 7) is 7.62. The normalized spacial score (nSPS) is 11.2. The highest BCUT2D eigenvalue weighted by molar-refractivity contribution is 6.01.